The summed E-state index contributed by atoms with van der Waals surface area (Å²) < 4.78 is 0. The molecule has 0 nitrogen and oxygen atoms in total. The Bertz CT molecular complexity index is 239. The highest BCUT2D eigenvalue weighted by Crippen LogP contribution is 2.60. The minimum absolute atomic E-state index is 0.662. The Morgan fingerprint density at radius 2 is 1.83 bits per heavy atom. The van der Waals surface area contributed by atoms with Gasteiger partial charge in [0.05, 0.1) is 0 Å². The van der Waals surface area contributed by atoms with Gasteiger partial charge in [-0.25, -0.2) is 0 Å². The molecular weight excluding hydrogens is 144 g/mol. The van der Waals surface area contributed by atoms with Crippen molar-refractivity contribution in [1.29, 1.82) is 0 Å². The van der Waals surface area contributed by atoms with Crippen LogP contribution < -0.4 is 0 Å². The first-order valence-electron chi connectivity index (χ1n) is 5.15. The van der Waals surface area contributed by atoms with Crippen molar-refractivity contribution in [2.24, 2.45) is 5.41 Å². The van der Waals surface area contributed by atoms with Crippen LogP contribution >= 0.6 is 0 Å². The molecule has 0 saturated heterocycles. The molecule has 0 heteroatoms. The fraction of sp³-hybridized carbons (Fsp3) is 0.667. The predicted octanol–water partition coefficient (Wildman–Crippen LogP) is 3.84. The molecule has 2 aliphatic rings. The number of allylic oxidation sites excluding steroid dienone is 4. The second kappa shape index (κ2) is 2.76. The van der Waals surface area contributed by atoms with Crippen LogP contribution in [0.1, 0.15) is 46.0 Å². The third kappa shape index (κ3) is 1.05. The molecule has 0 aromatic carbocycles. The van der Waals surface area contributed by atoms with E-state index >= 15 is 0 Å². The van der Waals surface area contributed by atoms with Crippen LogP contribution in [0.3, 0.4) is 0 Å². The zero-order chi connectivity index (χ0) is 8.60. The molecule has 2 fully saturated rings. The van der Waals surface area contributed by atoms with E-state index in [-0.39, 0.29) is 0 Å². The third-order valence-electron chi connectivity index (χ3n) is 3.51. The Labute approximate surface area is 75.4 Å². The van der Waals surface area contributed by atoms with Crippen LogP contribution in [0.25, 0.3) is 0 Å². The lowest BCUT2D eigenvalue weighted by atomic mass is 9.78. The van der Waals surface area contributed by atoms with Crippen molar-refractivity contribution in [3.63, 3.8) is 0 Å². The van der Waals surface area contributed by atoms with Crippen molar-refractivity contribution in [3.8, 4) is 0 Å². The van der Waals surface area contributed by atoms with Gasteiger partial charge in [-0.2, -0.15) is 0 Å². The summed E-state index contributed by atoms with van der Waals surface area (Å²) in [6.07, 6.45) is 11.7. The van der Waals surface area contributed by atoms with Crippen molar-refractivity contribution in [2.45, 2.75) is 46.0 Å². The number of rotatable bonds is 0. The first-order valence-corrected chi connectivity index (χ1v) is 5.15. The van der Waals surface area contributed by atoms with Crippen molar-refractivity contribution in [2.75, 3.05) is 0 Å². The SMILES string of the molecule is C/C=C1/CCCC2(CC2)/C1=C/C. The molecular formula is C12H18. The summed E-state index contributed by atoms with van der Waals surface area (Å²) >= 11 is 0. The Morgan fingerprint density at radius 3 is 2.33 bits per heavy atom. The minimum Gasteiger partial charge on any atom is -0.0842 e. The summed E-state index contributed by atoms with van der Waals surface area (Å²) in [5, 5.41) is 0. The van der Waals surface area contributed by atoms with E-state index in [4.69, 9.17) is 0 Å². The lowest BCUT2D eigenvalue weighted by Crippen LogP contribution is -2.12. The molecule has 2 rings (SSSR count). The van der Waals surface area contributed by atoms with Crippen LogP contribution in [0.4, 0.5) is 0 Å². The average Bonchev–Trinajstić information content (AvgIpc) is 2.85. The van der Waals surface area contributed by atoms with Gasteiger partial charge in [-0.1, -0.05) is 12.2 Å². The van der Waals surface area contributed by atoms with Gasteiger partial charge in [0.25, 0.3) is 0 Å². The summed E-state index contributed by atoms with van der Waals surface area (Å²) in [6, 6.07) is 0. The zero-order valence-electron chi connectivity index (χ0n) is 8.19. The quantitative estimate of drug-likeness (QED) is 0.507. The van der Waals surface area contributed by atoms with Gasteiger partial charge in [-0.3, -0.25) is 0 Å². The Hall–Kier alpha value is -0.520. The van der Waals surface area contributed by atoms with E-state index in [0.29, 0.717) is 5.41 Å². The first-order chi connectivity index (χ1) is 5.82. The van der Waals surface area contributed by atoms with Crippen LogP contribution in [0, 0.1) is 5.41 Å². The van der Waals surface area contributed by atoms with Gasteiger partial charge in [-0.05, 0) is 62.5 Å². The Morgan fingerprint density at radius 1 is 1.08 bits per heavy atom. The lowest BCUT2D eigenvalue weighted by Gasteiger charge is -2.27. The highest BCUT2D eigenvalue weighted by Gasteiger charge is 2.47. The van der Waals surface area contributed by atoms with E-state index in [0.717, 1.165) is 0 Å². The molecule has 0 unspecified atom stereocenters. The minimum atomic E-state index is 0.662. The van der Waals surface area contributed by atoms with Crippen LogP contribution in [0.5, 0.6) is 0 Å². The summed E-state index contributed by atoms with van der Waals surface area (Å²) in [5.41, 5.74) is 3.96. The highest BCUT2D eigenvalue weighted by atomic mass is 14.5. The van der Waals surface area contributed by atoms with Crippen LogP contribution in [-0.4, -0.2) is 0 Å². The zero-order valence-corrected chi connectivity index (χ0v) is 8.19. The monoisotopic (exact) mass is 162 g/mol. The summed E-state index contributed by atoms with van der Waals surface area (Å²) in [7, 11) is 0. The fourth-order valence-electron chi connectivity index (χ4n) is 2.69. The molecule has 0 N–H and O–H groups in total. The van der Waals surface area contributed by atoms with E-state index in [1.807, 2.05) is 0 Å². The lowest BCUT2D eigenvalue weighted by molar-refractivity contribution is 0.485. The second-order valence-corrected chi connectivity index (χ2v) is 4.15. The van der Waals surface area contributed by atoms with Gasteiger partial charge in [-0.15, -0.1) is 0 Å². The molecule has 0 aliphatic heterocycles. The largest absolute Gasteiger partial charge is 0.0842 e. The van der Waals surface area contributed by atoms with Crippen molar-refractivity contribution in [1.82, 2.24) is 0 Å². The highest BCUT2D eigenvalue weighted by molar-refractivity contribution is 5.41. The molecule has 0 bridgehead atoms. The van der Waals surface area contributed by atoms with Gasteiger partial charge in [0.2, 0.25) is 0 Å². The Kier molecular flexibility index (Phi) is 1.86. The first kappa shape index (κ1) is 8.10. The van der Waals surface area contributed by atoms with Crippen LogP contribution in [0.2, 0.25) is 0 Å². The molecule has 12 heavy (non-hydrogen) atoms. The van der Waals surface area contributed by atoms with E-state index in [2.05, 4.69) is 26.0 Å². The number of hydrogen-bond acceptors (Lipinski definition) is 0. The molecule has 0 amide bonds. The molecule has 66 valence electrons. The maximum atomic E-state index is 2.35. The fourth-order valence-corrected chi connectivity index (χ4v) is 2.69. The molecule has 0 aromatic rings. The van der Waals surface area contributed by atoms with Crippen molar-refractivity contribution < 1.29 is 0 Å². The summed E-state index contributed by atoms with van der Waals surface area (Å²) in [6.45, 7) is 4.38. The topological polar surface area (TPSA) is 0 Å². The van der Waals surface area contributed by atoms with Gasteiger partial charge < -0.3 is 0 Å². The molecule has 0 aromatic heterocycles. The van der Waals surface area contributed by atoms with Gasteiger partial charge in [0.1, 0.15) is 0 Å². The van der Waals surface area contributed by atoms with Crippen molar-refractivity contribution in [3.05, 3.63) is 23.3 Å². The van der Waals surface area contributed by atoms with E-state index < -0.39 is 0 Å². The van der Waals surface area contributed by atoms with Crippen LogP contribution in [0.15, 0.2) is 23.3 Å². The summed E-state index contributed by atoms with van der Waals surface area (Å²) in [4.78, 5) is 0. The molecule has 0 atom stereocenters. The Balaban J connectivity index is 2.30. The average molecular weight is 162 g/mol. The molecule has 0 radical (unpaired) electrons. The maximum absolute atomic E-state index is 2.35. The van der Waals surface area contributed by atoms with Gasteiger partial charge in [0, 0.05) is 0 Å². The third-order valence-corrected chi connectivity index (χ3v) is 3.51. The molecule has 2 aliphatic carbocycles. The van der Waals surface area contributed by atoms with E-state index in [9.17, 15) is 0 Å². The summed E-state index contributed by atoms with van der Waals surface area (Å²) in [5.74, 6) is 0. The van der Waals surface area contributed by atoms with E-state index in [1.165, 1.54) is 32.1 Å². The van der Waals surface area contributed by atoms with Crippen LogP contribution in [-0.2, 0) is 0 Å². The maximum Gasteiger partial charge on any atom is -0.00469 e. The van der Waals surface area contributed by atoms with Crippen molar-refractivity contribution >= 4 is 0 Å². The van der Waals surface area contributed by atoms with Gasteiger partial charge in [0.15, 0.2) is 0 Å². The molecule has 0 heterocycles. The standard InChI is InChI=1S/C12H18/c1-3-10-6-5-7-12(8-9-12)11(10)4-2/h3-4H,5-9H2,1-2H3/b10-3-,11-4+. The van der Waals surface area contributed by atoms with Gasteiger partial charge >= 0.3 is 0 Å². The second-order valence-electron chi connectivity index (χ2n) is 4.15. The molecule has 1 spiro atoms. The molecule has 2 saturated carbocycles. The smallest absolute Gasteiger partial charge is 0.00469 e. The normalized spacial score (nSPS) is 33.2. The van der Waals surface area contributed by atoms with E-state index in [1.54, 1.807) is 11.1 Å². The predicted molar refractivity (Wildman–Crippen MR) is 53.0 cm³/mol. The number of hydrogen-bond donors (Lipinski definition) is 0.